The molecule has 1 aliphatic heterocycles. The van der Waals surface area contributed by atoms with Crippen molar-refractivity contribution in [3.8, 4) is 0 Å². The molecule has 0 atom stereocenters. The summed E-state index contributed by atoms with van der Waals surface area (Å²) in [6.07, 6.45) is 6.44. The van der Waals surface area contributed by atoms with E-state index in [1.807, 2.05) is 30.5 Å². The summed E-state index contributed by atoms with van der Waals surface area (Å²) in [7, 11) is 1.61. The summed E-state index contributed by atoms with van der Waals surface area (Å²) in [5.41, 5.74) is 6.00. The van der Waals surface area contributed by atoms with Gasteiger partial charge in [0.15, 0.2) is 0 Å². The van der Waals surface area contributed by atoms with Gasteiger partial charge >= 0.3 is 0 Å². The summed E-state index contributed by atoms with van der Waals surface area (Å²) in [6.45, 7) is 2.79. The lowest BCUT2D eigenvalue weighted by atomic mass is 9.98. The third kappa shape index (κ3) is 5.53. The van der Waals surface area contributed by atoms with Gasteiger partial charge in [0, 0.05) is 51.0 Å². The maximum atomic E-state index is 12.2. The zero-order valence-electron chi connectivity index (χ0n) is 19.8. The number of carbonyl (C=O) groups excluding carboxylic acids is 1. The van der Waals surface area contributed by atoms with E-state index in [1.54, 1.807) is 25.5 Å². The van der Waals surface area contributed by atoms with Gasteiger partial charge in [-0.25, -0.2) is 4.98 Å². The predicted molar refractivity (Wildman–Crippen MR) is 145 cm³/mol. The van der Waals surface area contributed by atoms with Gasteiger partial charge in [0.05, 0.1) is 15.7 Å². The summed E-state index contributed by atoms with van der Waals surface area (Å²) in [5.74, 6) is 0.846. The van der Waals surface area contributed by atoms with Crippen LogP contribution in [0, 0.1) is 0 Å². The number of halogens is 1. The fourth-order valence-corrected chi connectivity index (χ4v) is 4.56. The highest BCUT2D eigenvalue weighted by Crippen LogP contribution is 2.29. The van der Waals surface area contributed by atoms with Gasteiger partial charge in [-0.05, 0) is 69.4 Å². The molecule has 9 heteroatoms. The molecule has 1 aliphatic rings. The second-order valence-electron chi connectivity index (χ2n) is 8.57. The number of carbonyl (C=O) groups is 1. The van der Waals surface area contributed by atoms with Crippen LogP contribution in [0.3, 0.4) is 0 Å². The molecule has 0 fully saturated rings. The molecule has 1 amide bonds. The van der Waals surface area contributed by atoms with E-state index in [0.29, 0.717) is 27.5 Å². The first-order chi connectivity index (χ1) is 17.6. The number of benzene rings is 2. The molecule has 2 aromatic carbocycles. The number of hydrogen-bond donors (Lipinski definition) is 3. The number of nitrogens with one attached hydrogen (secondary N) is 3. The molecule has 0 saturated heterocycles. The van der Waals surface area contributed by atoms with Gasteiger partial charge in [0.1, 0.15) is 5.82 Å². The highest BCUT2D eigenvalue weighted by Gasteiger charge is 2.17. The van der Waals surface area contributed by atoms with E-state index in [9.17, 15) is 4.79 Å². The molecule has 3 N–H and O–H groups in total. The topological polar surface area (TPSA) is 95.1 Å². The monoisotopic (exact) mass is 543 g/mol. The average Bonchev–Trinajstić information content (AvgIpc) is 2.91. The fraction of sp³-hybridized carbons (Fsp3) is 0.185. The van der Waals surface area contributed by atoms with Crippen molar-refractivity contribution in [2.45, 2.75) is 19.5 Å². The van der Waals surface area contributed by atoms with Crippen molar-refractivity contribution in [1.29, 1.82) is 0 Å². The Kier molecular flexibility index (Phi) is 7.20. The van der Waals surface area contributed by atoms with Crippen LogP contribution in [0.1, 0.15) is 27.0 Å². The van der Waals surface area contributed by atoms with Crippen LogP contribution in [0.25, 0.3) is 0 Å². The number of fused-ring (bicyclic) bond motifs is 1. The third-order valence-electron chi connectivity index (χ3n) is 6.08. The van der Waals surface area contributed by atoms with E-state index < -0.39 is 0 Å². The molecule has 0 aliphatic carbocycles. The minimum Gasteiger partial charge on any atom is -0.355 e. The second kappa shape index (κ2) is 10.8. The standard InChI is InChI=1S/C27H26BrN7O/c1-29-26(36)22-6-2-3-7-24(22)33-25-23(28)15-31-27(34-25)32-21-9-8-19-10-12-35(17-20(19)13-21)16-18-5-4-11-30-14-18/h2-9,11,13-15H,10,12,16-17H2,1H3,(H,29,36)(H2,31,32,33,34). The molecule has 0 saturated carbocycles. The highest BCUT2D eigenvalue weighted by atomic mass is 79.9. The Labute approximate surface area is 218 Å². The summed E-state index contributed by atoms with van der Waals surface area (Å²) in [6, 6.07) is 17.8. The van der Waals surface area contributed by atoms with Gasteiger partial charge in [0.25, 0.3) is 5.91 Å². The average molecular weight is 544 g/mol. The van der Waals surface area contributed by atoms with Gasteiger partial charge < -0.3 is 16.0 Å². The number of para-hydroxylation sites is 1. The van der Waals surface area contributed by atoms with Crippen LogP contribution in [0.15, 0.2) is 77.7 Å². The summed E-state index contributed by atoms with van der Waals surface area (Å²) >= 11 is 3.51. The van der Waals surface area contributed by atoms with E-state index in [1.165, 1.54) is 16.7 Å². The van der Waals surface area contributed by atoms with Crippen molar-refractivity contribution in [1.82, 2.24) is 25.2 Å². The van der Waals surface area contributed by atoms with Crippen LogP contribution in [-0.4, -0.2) is 39.4 Å². The zero-order chi connectivity index (χ0) is 24.9. The van der Waals surface area contributed by atoms with E-state index in [2.05, 4.69) is 76.0 Å². The molecule has 0 unspecified atom stereocenters. The number of aromatic nitrogens is 3. The molecule has 2 aromatic heterocycles. The summed E-state index contributed by atoms with van der Waals surface area (Å²) in [4.78, 5) is 28.0. The molecule has 36 heavy (non-hydrogen) atoms. The molecule has 182 valence electrons. The van der Waals surface area contributed by atoms with Crippen molar-refractivity contribution in [2.75, 3.05) is 24.2 Å². The molecule has 0 spiro atoms. The van der Waals surface area contributed by atoms with Crippen molar-refractivity contribution in [3.63, 3.8) is 0 Å². The van der Waals surface area contributed by atoms with E-state index in [4.69, 9.17) is 0 Å². The Hall–Kier alpha value is -3.82. The Morgan fingerprint density at radius 1 is 1.06 bits per heavy atom. The van der Waals surface area contributed by atoms with Gasteiger partial charge in [-0.3, -0.25) is 14.7 Å². The first-order valence-corrected chi connectivity index (χ1v) is 12.5. The minimum atomic E-state index is -0.173. The van der Waals surface area contributed by atoms with E-state index in [-0.39, 0.29) is 5.91 Å². The number of pyridine rings is 1. The first-order valence-electron chi connectivity index (χ1n) is 11.7. The highest BCUT2D eigenvalue weighted by molar-refractivity contribution is 9.10. The lowest BCUT2D eigenvalue weighted by molar-refractivity contribution is 0.0964. The molecule has 4 aromatic rings. The summed E-state index contributed by atoms with van der Waals surface area (Å²) in [5, 5.41) is 9.25. The molecular formula is C27H26BrN7O. The smallest absolute Gasteiger partial charge is 0.253 e. The lowest BCUT2D eigenvalue weighted by Crippen LogP contribution is -2.30. The maximum absolute atomic E-state index is 12.2. The number of hydrogen-bond acceptors (Lipinski definition) is 7. The Balaban J connectivity index is 1.32. The van der Waals surface area contributed by atoms with Crippen molar-refractivity contribution in [3.05, 3.63) is 99.9 Å². The fourth-order valence-electron chi connectivity index (χ4n) is 4.27. The molecule has 3 heterocycles. The lowest BCUT2D eigenvalue weighted by Gasteiger charge is -2.29. The van der Waals surface area contributed by atoms with Gasteiger partial charge in [-0.2, -0.15) is 4.98 Å². The third-order valence-corrected chi connectivity index (χ3v) is 6.66. The molecule has 5 rings (SSSR count). The van der Waals surface area contributed by atoms with Crippen molar-refractivity contribution in [2.24, 2.45) is 0 Å². The molecular weight excluding hydrogens is 518 g/mol. The van der Waals surface area contributed by atoms with Crippen LogP contribution in [0.5, 0.6) is 0 Å². The van der Waals surface area contributed by atoms with Crippen LogP contribution in [-0.2, 0) is 19.5 Å². The van der Waals surface area contributed by atoms with E-state index >= 15 is 0 Å². The largest absolute Gasteiger partial charge is 0.355 e. The number of anilines is 4. The second-order valence-corrected chi connectivity index (χ2v) is 9.42. The molecule has 0 bridgehead atoms. The number of nitrogens with zero attached hydrogens (tertiary/aromatic N) is 4. The zero-order valence-corrected chi connectivity index (χ0v) is 21.4. The SMILES string of the molecule is CNC(=O)c1ccccc1Nc1nc(Nc2ccc3c(c2)CN(Cc2cccnc2)CC3)ncc1Br. The number of rotatable bonds is 7. The van der Waals surface area contributed by atoms with Gasteiger partial charge in [-0.1, -0.05) is 24.3 Å². The normalized spacial score (nSPS) is 13.1. The molecule has 0 radical (unpaired) electrons. The van der Waals surface area contributed by atoms with Gasteiger partial charge in [0.2, 0.25) is 5.95 Å². The van der Waals surface area contributed by atoms with Gasteiger partial charge in [-0.15, -0.1) is 0 Å². The maximum Gasteiger partial charge on any atom is 0.253 e. The predicted octanol–water partition coefficient (Wildman–Crippen LogP) is 5.04. The van der Waals surface area contributed by atoms with E-state index in [0.717, 1.165) is 31.7 Å². The van der Waals surface area contributed by atoms with Crippen LogP contribution >= 0.6 is 15.9 Å². The first kappa shape index (κ1) is 23.9. The Bertz CT molecular complexity index is 1380. The molecule has 8 nitrogen and oxygen atoms in total. The van der Waals surface area contributed by atoms with Crippen LogP contribution in [0.4, 0.5) is 23.1 Å². The minimum absolute atomic E-state index is 0.173. The Morgan fingerprint density at radius 2 is 1.94 bits per heavy atom. The Morgan fingerprint density at radius 3 is 2.78 bits per heavy atom. The quantitative estimate of drug-likeness (QED) is 0.300. The van der Waals surface area contributed by atoms with Crippen molar-refractivity contribution < 1.29 is 4.79 Å². The number of amides is 1. The van der Waals surface area contributed by atoms with Crippen molar-refractivity contribution >= 4 is 45.0 Å². The summed E-state index contributed by atoms with van der Waals surface area (Å²) < 4.78 is 0.691. The van der Waals surface area contributed by atoms with Crippen LogP contribution < -0.4 is 16.0 Å². The van der Waals surface area contributed by atoms with Crippen LogP contribution in [0.2, 0.25) is 0 Å².